The summed E-state index contributed by atoms with van der Waals surface area (Å²) in [6.45, 7) is 1.32. The summed E-state index contributed by atoms with van der Waals surface area (Å²) in [6.07, 6.45) is 1.48. The Morgan fingerprint density at radius 2 is 2.29 bits per heavy atom. The first-order valence-electron chi connectivity index (χ1n) is 1.70. The molecule has 0 fully saturated rings. The standard InChI is InChI=1S/C4H4BrO2/c1-3(7)4(5)2-6/h4H,1H3. The molecule has 0 saturated carbocycles. The van der Waals surface area contributed by atoms with Crippen LogP contribution in [-0.2, 0) is 9.59 Å². The first-order valence-corrected chi connectivity index (χ1v) is 2.62. The Balaban J connectivity index is 3.55. The van der Waals surface area contributed by atoms with Crippen LogP contribution in [-0.4, -0.2) is 16.9 Å². The second kappa shape index (κ2) is 2.91. The monoisotopic (exact) mass is 163 g/mol. The van der Waals surface area contributed by atoms with Crippen molar-refractivity contribution >= 4 is 28.0 Å². The highest BCUT2D eigenvalue weighted by Gasteiger charge is 2.06. The lowest BCUT2D eigenvalue weighted by Crippen LogP contribution is -2.09. The van der Waals surface area contributed by atoms with Gasteiger partial charge in [0.25, 0.3) is 0 Å². The molecule has 0 bridgehead atoms. The van der Waals surface area contributed by atoms with Crippen LogP contribution in [0, 0.1) is 0 Å². The molecular formula is C4H4BrO2. The summed E-state index contributed by atoms with van der Waals surface area (Å²) < 4.78 is 0. The molecule has 0 amide bonds. The number of carbonyl (C=O) groups is 1. The summed E-state index contributed by atoms with van der Waals surface area (Å²) in [5, 5.41) is 0. The van der Waals surface area contributed by atoms with Gasteiger partial charge in [-0.15, -0.1) is 0 Å². The smallest absolute Gasteiger partial charge is 0.221 e. The molecule has 0 rings (SSSR count). The van der Waals surface area contributed by atoms with Gasteiger partial charge >= 0.3 is 0 Å². The van der Waals surface area contributed by atoms with E-state index in [0.717, 1.165) is 0 Å². The maximum absolute atomic E-state index is 10.1. The molecule has 0 heterocycles. The lowest BCUT2D eigenvalue weighted by Gasteiger charge is -1.86. The minimum atomic E-state index is -0.729. The molecule has 2 nitrogen and oxygen atoms in total. The van der Waals surface area contributed by atoms with Crippen LogP contribution in [0.25, 0.3) is 0 Å². The Hall–Kier alpha value is -0.180. The van der Waals surface area contributed by atoms with Crippen LogP contribution in [0.1, 0.15) is 6.92 Å². The van der Waals surface area contributed by atoms with Gasteiger partial charge in [0.05, 0.1) is 0 Å². The fourth-order valence-electron chi connectivity index (χ4n) is 0.0830. The maximum atomic E-state index is 10.1. The molecule has 0 aromatic heterocycles. The van der Waals surface area contributed by atoms with E-state index in [0.29, 0.717) is 0 Å². The van der Waals surface area contributed by atoms with Gasteiger partial charge in [0, 0.05) is 0 Å². The Labute approximate surface area is 50.0 Å². The van der Waals surface area contributed by atoms with Crippen LogP contribution in [0.5, 0.6) is 0 Å². The summed E-state index contributed by atoms with van der Waals surface area (Å²) in [5.74, 6) is -0.213. The van der Waals surface area contributed by atoms with E-state index in [9.17, 15) is 9.59 Å². The summed E-state index contributed by atoms with van der Waals surface area (Å²) in [7, 11) is 0. The largest absolute Gasteiger partial charge is 0.298 e. The van der Waals surface area contributed by atoms with E-state index in [1.54, 1.807) is 0 Å². The van der Waals surface area contributed by atoms with E-state index in [4.69, 9.17) is 0 Å². The number of Topliss-reactive ketones (excluding diaryl/α,β-unsaturated/α-hetero) is 1. The van der Waals surface area contributed by atoms with E-state index >= 15 is 0 Å². The molecular weight excluding hydrogens is 160 g/mol. The number of halogens is 1. The molecule has 7 heavy (non-hydrogen) atoms. The quantitative estimate of drug-likeness (QED) is 0.438. The van der Waals surface area contributed by atoms with Crippen molar-refractivity contribution in [2.45, 2.75) is 11.8 Å². The first kappa shape index (κ1) is 6.82. The summed E-state index contributed by atoms with van der Waals surface area (Å²) in [6, 6.07) is 0. The Kier molecular flexibility index (Phi) is 2.83. The van der Waals surface area contributed by atoms with Gasteiger partial charge in [-0.1, -0.05) is 15.9 Å². The first-order chi connectivity index (χ1) is 3.18. The topological polar surface area (TPSA) is 34.1 Å². The van der Waals surface area contributed by atoms with Gasteiger partial charge in [-0.05, 0) is 6.92 Å². The van der Waals surface area contributed by atoms with Gasteiger partial charge in [-0.25, -0.2) is 0 Å². The molecule has 0 aliphatic heterocycles. The molecule has 0 spiro atoms. The highest BCUT2D eigenvalue weighted by atomic mass is 79.9. The number of carbonyl (C=O) groups excluding carboxylic acids is 2. The molecule has 0 aromatic rings. The maximum Gasteiger partial charge on any atom is 0.221 e. The second-order valence-electron chi connectivity index (χ2n) is 1.09. The third kappa shape index (κ3) is 2.51. The van der Waals surface area contributed by atoms with Crippen molar-refractivity contribution in [1.82, 2.24) is 0 Å². The molecule has 0 aliphatic carbocycles. The lowest BCUT2D eigenvalue weighted by atomic mass is 10.3. The zero-order valence-electron chi connectivity index (χ0n) is 3.77. The van der Waals surface area contributed by atoms with E-state index in [-0.39, 0.29) is 5.78 Å². The van der Waals surface area contributed by atoms with Gasteiger partial charge in [0.15, 0.2) is 5.78 Å². The molecule has 0 aromatic carbocycles. The van der Waals surface area contributed by atoms with Crippen LogP contribution in [0.2, 0.25) is 0 Å². The minimum Gasteiger partial charge on any atom is -0.298 e. The molecule has 3 heteroatoms. The number of hydrogen-bond donors (Lipinski definition) is 0. The van der Waals surface area contributed by atoms with Crippen LogP contribution in [0.3, 0.4) is 0 Å². The van der Waals surface area contributed by atoms with Crippen molar-refractivity contribution in [1.29, 1.82) is 0 Å². The van der Waals surface area contributed by atoms with E-state index in [1.807, 2.05) is 0 Å². The van der Waals surface area contributed by atoms with Gasteiger partial charge in [-0.3, -0.25) is 9.59 Å². The van der Waals surface area contributed by atoms with Gasteiger partial charge < -0.3 is 0 Å². The Bertz CT molecular complexity index is 89.7. The van der Waals surface area contributed by atoms with Gasteiger partial charge in [-0.2, -0.15) is 0 Å². The fraction of sp³-hybridized carbons (Fsp3) is 0.500. The van der Waals surface area contributed by atoms with E-state index in [1.165, 1.54) is 13.2 Å². The highest BCUT2D eigenvalue weighted by Crippen LogP contribution is 1.93. The van der Waals surface area contributed by atoms with Crippen LogP contribution in [0.15, 0.2) is 0 Å². The van der Waals surface area contributed by atoms with Crippen molar-refractivity contribution < 1.29 is 9.59 Å². The van der Waals surface area contributed by atoms with Crippen LogP contribution in [0.4, 0.5) is 0 Å². The highest BCUT2D eigenvalue weighted by molar-refractivity contribution is 9.10. The second-order valence-corrected chi connectivity index (χ2v) is 2.01. The molecule has 0 aliphatic rings. The minimum absolute atomic E-state index is 0.213. The number of ketones is 1. The predicted octanol–water partition coefficient (Wildman–Crippen LogP) is 0.449. The van der Waals surface area contributed by atoms with Crippen molar-refractivity contribution in [3.8, 4) is 0 Å². The predicted molar refractivity (Wildman–Crippen MR) is 29.1 cm³/mol. The third-order valence-corrected chi connectivity index (χ3v) is 1.29. The number of alkyl halides is 1. The number of rotatable bonds is 2. The van der Waals surface area contributed by atoms with Gasteiger partial charge in [0.1, 0.15) is 4.83 Å². The summed E-state index contributed by atoms with van der Waals surface area (Å²) in [5.41, 5.74) is 0. The van der Waals surface area contributed by atoms with Gasteiger partial charge in [0.2, 0.25) is 6.29 Å². The van der Waals surface area contributed by atoms with E-state index in [2.05, 4.69) is 15.9 Å². The van der Waals surface area contributed by atoms with Crippen molar-refractivity contribution in [2.24, 2.45) is 0 Å². The third-order valence-electron chi connectivity index (χ3n) is 0.460. The number of hydrogen-bond acceptors (Lipinski definition) is 2. The summed E-state index contributed by atoms with van der Waals surface area (Å²) >= 11 is 2.77. The van der Waals surface area contributed by atoms with Crippen molar-refractivity contribution in [2.75, 3.05) is 0 Å². The zero-order valence-corrected chi connectivity index (χ0v) is 5.36. The average Bonchev–Trinajstić information content (AvgIpc) is 1.65. The molecule has 39 valence electrons. The molecule has 0 N–H and O–H groups in total. The molecule has 1 radical (unpaired) electrons. The van der Waals surface area contributed by atoms with Crippen molar-refractivity contribution in [3.63, 3.8) is 0 Å². The molecule has 1 unspecified atom stereocenters. The van der Waals surface area contributed by atoms with Crippen LogP contribution >= 0.6 is 15.9 Å². The van der Waals surface area contributed by atoms with E-state index < -0.39 is 4.83 Å². The zero-order chi connectivity index (χ0) is 5.86. The van der Waals surface area contributed by atoms with Crippen LogP contribution < -0.4 is 0 Å². The Morgan fingerprint density at radius 3 is 2.29 bits per heavy atom. The fourth-order valence-corrected chi connectivity index (χ4v) is 0.0830. The lowest BCUT2D eigenvalue weighted by molar-refractivity contribution is -0.115. The normalized spacial score (nSPS) is 12.9. The summed E-state index contributed by atoms with van der Waals surface area (Å²) in [4.78, 5) is 18.9. The van der Waals surface area contributed by atoms with Crippen molar-refractivity contribution in [3.05, 3.63) is 0 Å². The average molecular weight is 164 g/mol. The SMILES string of the molecule is CC(=O)C(Br)[C]=O. The molecule has 1 atom stereocenters. The molecule has 0 saturated heterocycles. The Morgan fingerprint density at radius 1 is 1.86 bits per heavy atom.